The summed E-state index contributed by atoms with van der Waals surface area (Å²) < 4.78 is 6.06. The molecule has 16 heavy (non-hydrogen) atoms. The van der Waals surface area contributed by atoms with Gasteiger partial charge in [-0.05, 0) is 27.7 Å². The Labute approximate surface area is 97.0 Å². The Morgan fingerprint density at radius 1 is 1.25 bits per heavy atom. The van der Waals surface area contributed by atoms with Crippen LogP contribution in [0.25, 0.3) is 0 Å². The smallest absolute Gasteiger partial charge is 0.198 e. The van der Waals surface area contributed by atoms with Crippen LogP contribution in [0.3, 0.4) is 0 Å². The lowest BCUT2D eigenvalue weighted by Gasteiger charge is -2.28. The standard InChI is InChI=1S/C9H20N2O4P/c1-8(2)11(9(3)4)16(12,13)15-14-7-5-6-10/h8-9,12-13H,5,7H2,1-4H3/q+1. The van der Waals surface area contributed by atoms with E-state index in [2.05, 4.69) is 9.56 Å². The number of hydrogen-bond acceptors (Lipinski definition) is 6. The second-order valence-corrected chi connectivity index (χ2v) is 5.52. The predicted octanol–water partition coefficient (Wildman–Crippen LogP) is 1.63. The van der Waals surface area contributed by atoms with Crippen LogP contribution in [-0.2, 0) is 9.56 Å². The minimum atomic E-state index is -3.70. The molecule has 0 amide bonds. The molecule has 2 N–H and O–H groups in total. The maximum absolute atomic E-state index is 9.78. The number of rotatable bonds is 7. The van der Waals surface area contributed by atoms with Crippen LogP contribution in [0.5, 0.6) is 0 Å². The van der Waals surface area contributed by atoms with E-state index in [1.54, 1.807) is 0 Å². The zero-order valence-corrected chi connectivity index (χ0v) is 11.0. The van der Waals surface area contributed by atoms with Crippen LogP contribution >= 0.6 is 8.09 Å². The van der Waals surface area contributed by atoms with E-state index in [1.807, 2.05) is 33.8 Å². The normalized spacial score (nSPS) is 12.5. The molecule has 0 radical (unpaired) electrons. The summed E-state index contributed by atoms with van der Waals surface area (Å²) in [6.07, 6.45) is 0.142. The largest absolute Gasteiger partial charge is 0.533 e. The summed E-state index contributed by atoms with van der Waals surface area (Å²) >= 11 is 0. The molecule has 0 spiro atoms. The van der Waals surface area contributed by atoms with Crippen molar-refractivity contribution < 1.29 is 19.3 Å². The predicted molar refractivity (Wildman–Crippen MR) is 60.7 cm³/mol. The van der Waals surface area contributed by atoms with Crippen LogP contribution in [0, 0.1) is 11.3 Å². The molecular formula is C9H20N2O4P+. The van der Waals surface area contributed by atoms with Gasteiger partial charge in [-0.3, -0.25) is 0 Å². The molecule has 0 fully saturated rings. The van der Waals surface area contributed by atoms with Gasteiger partial charge in [0.15, 0.2) is 0 Å². The van der Waals surface area contributed by atoms with E-state index in [1.165, 1.54) is 4.67 Å². The molecule has 0 aromatic heterocycles. The van der Waals surface area contributed by atoms with Gasteiger partial charge in [0.2, 0.25) is 0 Å². The third kappa shape index (κ3) is 5.17. The highest BCUT2D eigenvalue weighted by atomic mass is 31.2. The van der Waals surface area contributed by atoms with Crippen molar-refractivity contribution in [3.8, 4) is 6.07 Å². The van der Waals surface area contributed by atoms with E-state index in [9.17, 15) is 9.79 Å². The van der Waals surface area contributed by atoms with E-state index in [-0.39, 0.29) is 25.1 Å². The Hall–Kier alpha value is -0.280. The zero-order chi connectivity index (χ0) is 12.8. The quantitative estimate of drug-likeness (QED) is 0.309. The monoisotopic (exact) mass is 251 g/mol. The molecule has 0 aromatic rings. The van der Waals surface area contributed by atoms with Crippen molar-refractivity contribution in [1.82, 2.24) is 4.67 Å². The third-order valence-electron chi connectivity index (χ3n) is 1.81. The molecule has 6 nitrogen and oxygen atoms in total. The van der Waals surface area contributed by atoms with E-state index in [0.717, 1.165) is 0 Å². The first-order chi connectivity index (χ1) is 7.33. The van der Waals surface area contributed by atoms with Crippen molar-refractivity contribution in [3.63, 3.8) is 0 Å². The van der Waals surface area contributed by atoms with Gasteiger partial charge in [-0.2, -0.15) is 19.9 Å². The van der Waals surface area contributed by atoms with Crippen LogP contribution in [0.15, 0.2) is 0 Å². The highest BCUT2D eigenvalue weighted by Crippen LogP contribution is 2.57. The van der Waals surface area contributed by atoms with Crippen LogP contribution in [-0.4, -0.2) is 33.1 Å². The molecule has 0 heterocycles. The Balaban J connectivity index is 4.31. The summed E-state index contributed by atoms with van der Waals surface area (Å²) in [6, 6.07) is 1.70. The summed E-state index contributed by atoms with van der Waals surface area (Å²) in [7, 11) is -3.70. The molecule has 0 aliphatic heterocycles. The SMILES string of the molecule is CC(C)N(C(C)C)[P+](O)(O)OOCCC#N. The maximum atomic E-state index is 9.78. The highest BCUT2D eigenvalue weighted by molar-refractivity contribution is 7.57. The van der Waals surface area contributed by atoms with Crippen LogP contribution in [0.1, 0.15) is 34.1 Å². The van der Waals surface area contributed by atoms with Gasteiger partial charge in [-0.15, -0.1) is 0 Å². The van der Waals surface area contributed by atoms with Gasteiger partial charge in [-0.1, -0.05) is 4.67 Å². The van der Waals surface area contributed by atoms with Gasteiger partial charge in [-0.25, -0.2) is 0 Å². The minimum Gasteiger partial charge on any atom is -0.198 e. The molecular weight excluding hydrogens is 231 g/mol. The average molecular weight is 251 g/mol. The van der Waals surface area contributed by atoms with Crippen molar-refractivity contribution in [2.75, 3.05) is 6.61 Å². The molecule has 0 aromatic carbocycles. The summed E-state index contributed by atoms with van der Waals surface area (Å²) in [4.78, 5) is 24.2. The lowest BCUT2D eigenvalue weighted by molar-refractivity contribution is -0.226. The fraction of sp³-hybridized carbons (Fsp3) is 0.889. The molecule has 0 bridgehead atoms. The average Bonchev–Trinajstić information content (AvgIpc) is 2.10. The van der Waals surface area contributed by atoms with Crippen LogP contribution in [0.4, 0.5) is 0 Å². The summed E-state index contributed by atoms with van der Waals surface area (Å²) in [5, 5.41) is 8.27. The Morgan fingerprint density at radius 3 is 2.12 bits per heavy atom. The second-order valence-electron chi connectivity index (χ2n) is 3.89. The van der Waals surface area contributed by atoms with Crippen LogP contribution < -0.4 is 0 Å². The van der Waals surface area contributed by atoms with E-state index in [4.69, 9.17) is 5.26 Å². The highest BCUT2D eigenvalue weighted by Gasteiger charge is 2.50. The van der Waals surface area contributed by atoms with E-state index < -0.39 is 8.09 Å². The first-order valence-electron chi connectivity index (χ1n) is 5.14. The number of nitrogens with zero attached hydrogens (tertiary/aromatic N) is 2. The topological polar surface area (TPSA) is 86.0 Å². The maximum Gasteiger partial charge on any atom is 0.533 e. The van der Waals surface area contributed by atoms with Gasteiger partial charge in [0, 0.05) is 16.8 Å². The lowest BCUT2D eigenvalue weighted by atomic mass is 10.3. The Kier molecular flexibility index (Phi) is 7.00. The third-order valence-corrected chi connectivity index (χ3v) is 3.64. The lowest BCUT2D eigenvalue weighted by Crippen LogP contribution is -2.37. The zero-order valence-electron chi connectivity index (χ0n) is 10.1. The molecule has 0 atom stereocenters. The minimum absolute atomic E-state index is 0.0173. The molecule has 0 unspecified atom stereocenters. The Bertz CT molecular complexity index is 232. The van der Waals surface area contributed by atoms with Gasteiger partial charge in [0.05, 0.1) is 19.1 Å². The molecule has 0 saturated carbocycles. The van der Waals surface area contributed by atoms with Crippen molar-refractivity contribution in [2.45, 2.75) is 46.2 Å². The Morgan fingerprint density at radius 2 is 1.75 bits per heavy atom. The summed E-state index contributed by atoms with van der Waals surface area (Å²) in [6.45, 7) is 7.35. The summed E-state index contributed by atoms with van der Waals surface area (Å²) in [5.74, 6) is 0. The second kappa shape index (κ2) is 7.13. The van der Waals surface area contributed by atoms with Gasteiger partial charge in [0.1, 0.15) is 0 Å². The number of hydrogen-bond donors (Lipinski definition) is 2. The molecule has 0 saturated heterocycles. The van der Waals surface area contributed by atoms with Gasteiger partial charge in [0.25, 0.3) is 0 Å². The molecule has 0 aliphatic rings. The first kappa shape index (κ1) is 15.7. The van der Waals surface area contributed by atoms with E-state index >= 15 is 0 Å². The van der Waals surface area contributed by atoms with Crippen molar-refractivity contribution in [3.05, 3.63) is 0 Å². The van der Waals surface area contributed by atoms with Crippen molar-refractivity contribution >= 4 is 8.09 Å². The number of nitriles is 1. The fourth-order valence-corrected chi connectivity index (χ4v) is 2.93. The first-order valence-corrected chi connectivity index (χ1v) is 6.71. The fourth-order valence-electron chi connectivity index (χ4n) is 1.43. The van der Waals surface area contributed by atoms with E-state index in [0.29, 0.717) is 0 Å². The molecule has 0 rings (SSSR count). The van der Waals surface area contributed by atoms with Crippen LogP contribution in [0.2, 0.25) is 0 Å². The molecule has 7 heteroatoms. The van der Waals surface area contributed by atoms with Crippen molar-refractivity contribution in [1.29, 1.82) is 5.26 Å². The molecule has 0 aliphatic carbocycles. The molecule has 94 valence electrons. The van der Waals surface area contributed by atoms with Crippen molar-refractivity contribution in [2.24, 2.45) is 0 Å². The van der Waals surface area contributed by atoms with Gasteiger partial charge >= 0.3 is 8.09 Å². The van der Waals surface area contributed by atoms with Gasteiger partial charge < -0.3 is 0 Å². The summed E-state index contributed by atoms with van der Waals surface area (Å²) in [5.41, 5.74) is 0.